The van der Waals surface area contributed by atoms with Crippen molar-refractivity contribution in [2.24, 2.45) is 5.50 Å². The Morgan fingerprint density at radius 2 is 2.38 bits per heavy atom. The van der Waals surface area contributed by atoms with Crippen LogP contribution in [0.1, 0.15) is 6.92 Å². The van der Waals surface area contributed by atoms with Crippen LogP contribution in [0, 0.1) is 0 Å². The minimum atomic E-state index is -1.79. The molecule has 0 amide bonds. The number of hydrogen-bond donors (Lipinski definition) is 3. The Morgan fingerprint density at radius 3 is 2.50 bits per heavy atom. The maximum Gasteiger partial charge on any atom is 0.250 e. The minimum Gasteiger partial charge on any atom is -0.391 e. The van der Waals surface area contributed by atoms with Crippen molar-refractivity contribution >= 4 is 8.53 Å². The predicted molar refractivity (Wildman–Crippen MR) is 31.0 cm³/mol. The van der Waals surface area contributed by atoms with Crippen molar-refractivity contribution in [3.8, 4) is 0 Å². The van der Waals surface area contributed by atoms with E-state index in [0.717, 1.165) is 0 Å². The number of nitrogens with two attached hydrogens (primary N) is 1. The fraction of sp³-hybridized carbons (Fsp3) is 1.00. The van der Waals surface area contributed by atoms with E-state index in [2.05, 4.69) is 4.52 Å². The Balaban J connectivity index is 2.93. The molecule has 8 heavy (non-hydrogen) atoms. The molecule has 5 heteroatoms. The van der Waals surface area contributed by atoms with Crippen LogP contribution in [0.25, 0.3) is 0 Å². The maximum absolute atomic E-state index is 8.52. The third-order valence-electron chi connectivity index (χ3n) is 0.448. The Kier molecular flexibility index (Phi) is 4.32. The van der Waals surface area contributed by atoms with Gasteiger partial charge in [0.05, 0.1) is 12.7 Å². The SMILES string of the molecule is CC(O)COP(N)O. The maximum atomic E-state index is 8.52. The number of aliphatic hydroxyl groups is 1. The lowest BCUT2D eigenvalue weighted by Gasteiger charge is -2.05. The van der Waals surface area contributed by atoms with Crippen LogP contribution < -0.4 is 5.50 Å². The van der Waals surface area contributed by atoms with Gasteiger partial charge in [0.25, 0.3) is 0 Å². The lowest BCUT2D eigenvalue weighted by Crippen LogP contribution is -2.09. The van der Waals surface area contributed by atoms with Crippen LogP contribution in [0.2, 0.25) is 0 Å². The molecule has 0 aliphatic carbocycles. The highest BCUT2D eigenvalue weighted by Crippen LogP contribution is 2.18. The zero-order valence-electron chi connectivity index (χ0n) is 4.61. The second kappa shape index (κ2) is 4.18. The number of rotatable bonds is 3. The molecule has 0 bridgehead atoms. The molecule has 0 spiro atoms. The van der Waals surface area contributed by atoms with Gasteiger partial charge < -0.3 is 14.5 Å². The third-order valence-corrected chi connectivity index (χ3v) is 0.862. The Bertz CT molecular complexity index is 50.5. The molecule has 2 unspecified atom stereocenters. The van der Waals surface area contributed by atoms with Crippen LogP contribution in [0.3, 0.4) is 0 Å². The van der Waals surface area contributed by atoms with Crippen molar-refractivity contribution in [2.75, 3.05) is 6.61 Å². The summed E-state index contributed by atoms with van der Waals surface area (Å²) >= 11 is 0. The molecule has 0 aromatic heterocycles. The predicted octanol–water partition coefficient (Wildman–Crippen LogP) is -0.438. The first-order valence-corrected chi connectivity index (χ1v) is 3.45. The fourth-order valence-electron chi connectivity index (χ4n) is 0.184. The Labute approximate surface area is 49.2 Å². The highest BCUT2D eigenvalue weighted by Gasteiger charge is 1.98. The van der Waals surface area contributed by atoms with E-state index < -0.39 is 14.6 Å². The molecule has 0 heterocycles. The zero-order valence-corrected chi connectivity index (χ0v) is 5.51. The standard InChI is InChI=1S/C3H10NO3P/c1-3(5)2-7-8(4)6/h3,5-6H,2,4H2,1H3. The number of aliphatic hydroxyl groups excluding tert-OH is 1. The van der Waals surface area contributed by atoms with E-state index in [-0.39, 0.29) is 6.61 Å². The molecule has 0 aliphatic rings. The van der Waals surface area contributed by atoms with Crippen molar-refractivity contribution in [3.63, 3.8) is 0 Å². The molecule has 0 rings (SSSR count). The first-order chi connectivity index (χ1) is 3.63. The second-order valence-corrected chi connectivity index (χ2v) is 2.31. The highest BCUT2D eigenvalue weighted by atomic mass is 31.2. The average molecular weight is 139 g/mol. The van der Waals surface area contributed by atoms with E-state index in [4.69, 9.17) is 15.5 Å². The molecule has 0 radical (unpaired) electrons. The van der Waals surface area contributed by atoms with Crippen LogP contribution in [-0.4, -0.2) is 22.7 Å². The zero-order chi connectivity index (χ0) is 6.57. The van der Waals surface area contributed by atoms with Crippen LogP contribution in [0.4, 0.5) is 0 Å². The quantitative estimate of drug-likeness (QED) is 0.463. The highest BCUT2D eigenvalue weighted by molar-refractivity contribution is 7.43. The van der Waals surface area contributed by atoms with Crippen molar-refractivity contribution in [1.29, 1.82) is 0 Å². The van der Waals surface area contributed by atoms with Crippen LogP contribution in [0.15, 0.2) is 0 Å². The number of hydrogen-bond acceptors (Lipinski definition) is 4. The first-order valence-electron chi connectivity index (χ1n) is 2.17. The van der Waals surface area contributed by atoms with E-state index in [0.29, 0.717) is 0 Å². The average Bonchev–Trinajstić information content (AvgIpc) is 1.61. The summed E-state index contributed by atoms with van der Waals surface area (Å²) in [6.45, 7) is 1.65. The lowest BCUT2D eigenvalue weighted by atomic mass is 10.5. The third kappa shape index (κ3) is 6.27. The molecular formula is C3H10NO3P. The van der Waals surface area contributed by atoms with Gasteiger partial charge in [-0.05, 0) is 6.92 Å². The molecular weight excluding hydrogens is 129 g/mol. The van der Waals surface area contributed by atoms with E-state index in [1.807, 2.05) is 0 Å². The van der Waals surface area contributed by atoms with Gasteiger partial charge in [-0.2, -0.15) is 0 Å². The van der Waals surface area contributed by atoms with Gasteiger partial charge in [-0.1, -0.05) is 0 Å². The molecule has 0 aromatic carbocycles. The van der Waals surface area contributed by atoms with Crippen molar-refractivity contribution < 1.29 is 14.5 Å². The van der Waals surface area contributed by atoms with E-state index in [1.54, 1.807) is 6.92 Å². The monoisotopic (exact) mass is 139 g/mol. The normalized spacial score (nSPS) is 18.0. The summed E-state index contributed by atoms with van der Waals surface area (Å²) in [6, 6.07) is 0. The fourth-order valence-corrected chi connectivity index (χ4v) is 0.553. The van der Waals surface area contributed by atoms with E-state index >= 15 is 0 Å². The van der Waals surface area contributed by atoms with E-state index in [9.17, 15) is 0 Å². The largest absolute Gasteiger partial charge is 0.391 e. The molecule has 0 fully saturated rings. The van der Waals surface area contributed by atoms with Gasteiger partial charge in [-0.15, -0.1) is 0 Å². The van der Waals surface area contributed by atoms with Crippen LogP contribution in [-0.2, 0) is 4.52 Å². The molecule has 4 N–H and O–H groups in total. The van der Waals surface area contributed by atoms with Crippen molar-refractivity contribution in [2.45, 2.75) is 13.0 Å². The molecule has 0 saturated carbocycles. The summed E-state index contributed by atoms with van der Waals surface area (Å²) in [5.41, 5.74) is 4.83. The molecule has 0 aliphatic heterocycles. The summed E-state index contributed by atoms with van der Waals surface area (Å²) in [5.74, 6) is 0. The van der Waals surface area contributed by atoms with Gasteiger partial charge in [0.15, 0.2) is 0 Å². The van der Waals surface area contributed by atoms with Crippen LogP contribution in [0.5, 0.6) is 0 Å². The molecule has 2 atom stereocenters. The van der Waals surface area contributed by atoms with Gasteiger partial charge in [-0.25, -0.2) is 0 Å². The molecule has 0 saturated heterocycles. The summed E-state index contributed by atoms with van der Waals surface area (Å²) in [6.07, 6.45) is -0.560. The topological polar surface area (TPSA) is 75.7 Å². The van der Waals surface area contributed by atoms with Gasteiger partial charge in [0.1, 0.15) is 0 Å². The summed E-state index contributed by atoms with van der Waals surface area (Å²) in [7, 11) is -1.79. The minimum absolute atomic E-state index is 0.0959. The molecule has 50 valence electrons. The molecule has 4 nitrogen and oxygen atoms in total. The van der Waals surface area contributed by atoms with Gasteiger partial charge in [-0.3, -0.25) is 5.50 Å². The smallest absolute Gasteiger partial charge is 0.250 e. The van der Waals surface area contributed by atoms with Gasteiger partial charge in [0.2, 0.25) is 8.53 Å². The van der Waals surface area contributed by atoms with Gasteiger partial charge in [0, 0.05) is 0 Å². The Hall–Kier alpha value is 0.270. The molecule has 0 aromatic rings. The first kappa shape index (κ1) is 8.27. The summed E-state index contributed by atoms with van der Waals surface area (Å²) in [5, 5.41) is 8.52. The van der Waals surface area contributed by atoms with Crippen LogP contribution >= 0.6 is 8.53 Å². The van der Waals surface area contributed by atoms with Gasteiger partial charge >= 0.3 is 0 Å². The van der Waals surface area contributed by atoms with E-state index in [1.165, 1.54) is 0 Å². The second-order valence-electron chi connectivity index (χ2n) is 1.45. The van der Waals surface area contributed by atoms with Crippen molar-refractivity contribution in [1.82, 2.24) is 0 Å². The summed E-state index contributed by atoms with van der Waals surface area (Å²) in [4.78, 5) is 8.31. The lowest BCUT2D eigenvalue weighted by molar-refractivity contribution is 0.123. The van der Waals surface area contributed by atoms with Crippen molar-refractivity contribution in [3.05, 3.63) is 0 Å². The summed E-state index contributed by atoms with van der Waals surface area (Å²) < 4.78 is 4.45. The Morgan fingerprint density at radius 1 is 1.88 bits per heavy atom.